The molecule has 0 fully saturated rings. The number of pyridine rings is 1. The predicted octanol–water partition coefficient (Wildman–Crippen LogP) is 3.72. The molecule has 3 rings (SSSR count). The fraction of sp³-hybridized carbons (Fsp3) is 0.167. The van der Waals surface area contributed by atoms with E-state index in [9.17, 15) is 10.1 Å². The molecule has 25 heavy (non-hydrogen) atoms. The summed E-state index contributed by atoms with van der Waals surface area (Å²) in [6.07, 6.45) is 1.62. The van der Waals surface area contributed by atoms with E-state index < -0.39 is 0 Å². The van der Waals surface area contributed by atoms with Crippen LogP contribution in [-0.4, -0.2) is 30.6 Å². The van der Waals surface area contributed by atoms with Gasteiger partial charge in [-0.15, -0.1) is 0 Å². The third kappa shape index (κ3) is 3.21. The molecule has 2 aromatic rings. The number of para-hydroxylation sites is 2. The number of halogens is 1. The number of thioether (sulfide) groups is 1. The summed E-state index contributed by atoms with van der Waals surface area (Å²) in [4.78, 5) is 20.5. The van der Waals surface area contributed by atoms with E-state index in [1.807, 2.05) is 48.2 Å². The second-order valence-electron chi connectivity index (χ2n) is 5.42. The van der Waals surface area contributed by atoms with Gasteiger partial charge in [-0.3, -0.25) is 4.79 Å². The maximum absolute atomic E-state index is 12.7. The number of Topliss-reactive ketones (excluding diaryl/α,β-unsaturated/α-hetero) is 1. The molecular weight excluding hydrogens is 356 g/mol. The number of carbonyl (C=O) groups excluding carboxylic acids is 1. The molecule has 0 saturated carbocycles. The van der Waals surface area contributed by atoms with Crippen molar-refractivity contribution >= 4 is 40.5 Å². The van der Waals surface area contributed by atoms with Crippen molar-refractivity contribution in [3.05, 3.63) is 59.0 Å². The maximum atomic E-state index is 12.7. The molecule has 0 radical (unpaired) electrons. The molecule has 0 bridgehead atoms. The van der Waals surface area contributed by atoms with Crippen LogP contribution in [0.25, 0.3) is 0 Å². The number of benzene rings is 1. The molecular formula is C18H15ClN4OS. The Morgan fingerprint density at radius 3 is 2.40 bits per heavy atom. The lowest BCUT2D eigenvalue weighted by Crippen LogP contribution is -2.26. The van der Waals surface area contributed by atoms with Crippen LogP contribution >= 0.6 is 23.4 Å². The lowest BCUT2D eigenvalue weighted by Gasteiger charge is -2.19. The second-order valence-corrected chi connectivity index (χ2v) is 6.79. The van der Waals surface area contributed by atoms with Crippen LogP contribution in [0.5, 0.6) is 0 Å². The quantitative estimate of drug-likeness (QED) is 0.464. The van der Waals surface area contributed by atoms with Gasteiger partial charge in [0, 0.05) is 20.3 Å². The van der Waals surface area contributed by atoms with Crippen molar-refractivity contribution < 1.29 is 4.79 Å². The lowest BCUT2D eigenvalue weighted by atomic mass is 10.2. The molecule has 1 aromatic heterocycles. The van der Waals surface area contributed by atoms with Crippen LogP contribution in [0.1, 0.15) is 0 Å². The smallest absolute Gasteiger partial charge is 0.187 e. The van der Waals surface area contributed by atoms with Crippen LogP contribution in [0.15, 0.2) is 59.0 Å². The van der Waals surface area contributed by atoms with Crippen molar-refractivity contribution in [1.82, 2.24) is 4.98 Å². The van der Waals surface area contributed by atoms with Gasteiger partial charge in [0.15, 0.2) is 5.78 Å². The zero-order chi connectivity index (χ0) is 18.0. The fourth-order valence-corrected chi connectivity index (χ4v) is 3.78. The predicted molar refractivity (Wildman–Crippen MR) is 101 cm³/mol. The van der Waals surface area contributed by atoms with Gasteiger partial charge >= 0.3 is 0 Å². The Balaban J connectivity index is 1.87. The number of ketones is 1. The number of nitrogens with zero attached hydrogens (tertiary/aromatic N) is 4. The fourth-order valence-electron chi connectivity index (χ4n) is 2.74. The number of carbonyl (C=O) groups is 1. The van der Waals surface area contributed by atoms with Gasteiger partial charge in [-0.2, -0.15) is 5.26 Å². The van der Waals surface area contributed by atoms with Gasteiger partial charge in [-0.25, -0.2) is 4.98 Å². The van der Waals surface area contributed by atoms with Crippen LogP contribution in [0.4, 0.5) is 11.4 Å². The number of nitriles is 1. The Hall–Kier alpha value is -2.49. The number of rotatable bonds is 4. The highest BCUT2D eigenvalue weighted by Gasteiger charge is 2.31. The summed E-state index contributed by atoms with van der Waals surface area (Å²) in [7, 11) is 3.70. The van der Waals surface area contributed by atoms with Gasteiger partial charge in [0.05, 0.1) is 22.2 Å². The molecule has 0 saturated heterocycles. The molecule has 1 aliphatic heterocycles. The SMILES string of the molecule is CN1C(=C(C#N)C(=O)CSc2ncccc2Cl)N(C)c2ccccc21. The maximum Gasteiger partial charge on any atom is 0.187 e. The van der Waals surface area contributed by atoms with Crippen molar-refractivity contribution in [2.45, 2.75) is 5.03 Å². The highest BCUT2D eigenvalue weighted by molar-refractivity contribution is 8.00. The Bertz CT molecular complexity index is 875. The molecule has 0 unspecified atom stereocenters. The highest BCUT2D eigenvalue weighted by atomic mass is 35.5. The summed E-state index contributed by atoms with van der Waals surface area (Å²) >= 11 is 7.30. The number of aromatic nitrogens is 1. The standard InChI is InChI=1S/C18H15ClN4OS/c1-22-14-7-3-4-8-15(14)23(2)18(22)12(10-20)16(24)11-25-17-13(19)6-5-9-21-17/h3-9H,11H2,1-2H3. The molecule has 5 nitrogen and oxygen atoms in total. The monoisotopic (exact) mass is 370 g/mol. The number of hydrogen-bond acceptors (Lipinski definition) is 6. The first-order valence-corrected chi connectivity index (χ1v) is 8.88. The third-order valence-electron chi connectivity index (χ3n) is 3.92. The van der Waals surface area contributed by atoms with E-state index in [0.29, 0.717) is 15.9 Å². The summed E-state index contributed by atoms with van der Waals surface area (Å²) in [6.45, 7) is 0. The summed E-state index contributed by atoms with van der Waals surface area (Å²) in [5.74, 6) is 0.429. The Morgan fingerprint density at radius 2 is 1.84 bits per heavy atom. The van der Waals surface area contributed by atoms with E-state index in [1.165, 1.54) is 11.8 Å². The molecule has 0 N–H and O–H groups in total. The van der Waals surface area contributed by atoms with E-state index >= 15 is 0 Å². The first-order chi connectivity index (χ1) is 12.0. The van der Waals surface area contributed by atoms with Gasteiger partial charge < -0.3 is 9.80 Å². The Kier molecular flexibility index (Phi) is 4.98. The normalized spacial score (nSPS) is 12.8. The van der Waals surface area contributed by atoms with Gasteiger partial charge in [0.25, 0.3) is 0 Å². The minimum atomic E-state index is -0.254. The molecule has 0 atom stereocenters. The van der Waals surface area contributed by atoms with Crippen molar-refractivity contribution in [3.8, 4) is 6.07 Å². The Labute approximate surface area is 155 Å². The molecule has 126 valence electrons. The first-order valence-electron chi connectivity index (χ1n) is 7.52. The lowest BCUT2D eigenvalue weighted by molar-refractivity contribution is -0.112. The van der Waals surface area contributed by atoms with Gasteiger partial charge in [0.2, 0.25) is 0 Å². The van der Waals surface area contributed by atoms with Crippen LogP contribution in [0.2, 0.25) is 5.02 Å². The molecule has 0 spiro atoms. The highest BCUT2D eigenvalue weighted by Crippen LogP contribution is 2.40. The number of anilines is 2. The first kappa shape index (κ1) is 17.3. The van der Waals surface area contributed by atoms with E-state index in [4.69, 9.17) is 11.6 Å². The Morgan fingerprint density at radius 1 is 1.20 bits per heavy atom. The van der Waals surface area contributed by atoms with Crippen molar-refractivity contribution in [2.75, 3.05) is 29.6 Å². The minimum absolute atomic E-state index is 0.0984. The van der Waals surface area contributed by atoms with E-state index in [0.717, 1.165) is 11.4 Å². The third-order valence-corrected chi connectivity index (χ3v) is 5.34. The van der Waals surface area contributed by atoms with Crippen molar-refractivity contribution in [2.24, 2.45) is 0 Å². The second kappa shape index (κ2) is 7.18. The van der Waals surface area contributed by atoms with Crippen molar-refractivity contribution in [3.63, 3.8) is 0 Å². The summed E-state index contributed by atoms with van der Waals surface area (Å²) in [5, 5.41) is 10.7. The zero-order valence-corrected chi connectivity index (χ0v) is 15.3. The average molecular weight is 371 g/mol. The molecule has 0 amide bonds. The zero-order valence-electron chi connectivity index (χ0n) is 13.7. The molecule has 7 heteroatoms. The van der Waals surface area contributed by atoms with Gasteiger partial charge in [-0.1, -0.05) is 35.5 Å². The van der Waals surface area contributed by atoms with Crippen LogP contribution in [-0.2, 0) is 4.79 Å². The van der Waals surface area contributed by atoms with E-state index in [2.05, 4.69) is 11.1 Å². The molecule has 2 heterocycles. The summed E-state index contributed by atoms with van der Waals surface area (Å²) in [6, 6.07) is 13.3. The molecule has 1 aliphatic rings. The van der Waals surface area contributed by atoms with E-state index in [-0.39, 0.29) is 17.1 Å². The van der Waals surface area contributed by atoms with Crippen LogP contribution < -0.4 is 9.80 Å². The van der Waals surface area contributed by atoms with Gasteiger partial charge in [0.1, 0.15) is 22.5 Å². The molecule has 1 aromatic carbocycles. The van der Waals surface area contributed by atoms with Crippen LogP contribution in [0, 0.1) is 11.3 Å². The largest absolute Gasteiger partial charge is 0.328 e. The number of fused-ring (bicyclic) bond motifs is 1. The van der Waals surface area contributed by atoms with Crippen molar-refractivity contribution in [1.29, 1.82) is 5.26 Å². The van der Waals surface area contributed by atoms with Crippen LogP contribution in [0.3, 0.4) is 0 Å². The van der Waals surface area contributed by atoms with Gasteiger partial charge in [-0.05, 0) is 24.3 Å². The van der Waals surface area contributed by atoms with E-state index in [1.54, 1.807) is 18.3 Å². The summed E-state index contributed by atoms with van der Waals surface area (Å²) in [5.41, 5.74) is 2.04. The minimum Gasteiger partial charge on any atom is -0.328 e. The topological polar surface area (TPSA) is 60.2 Å². The average Bonchev–Trinajstić information content (AvgIpc) is 2.87. The summed E-state index contributed by atoms with van der Waals surface area (Å²) < 4.78 is 0. The number of allylic oxidation sites excluding steroid dienone is 1. The number of hydrogen-bond donors (Lipinski definition) is 0. The molecule has 0 aliphatic carbocycles.